The molecule has 3 N–H and O–H groups in total. The lowest BCUT2D eigenvalue weighted by molar-refractivity contribution is 0.484. The number of fused-ring (bicyclic) bond motifs is 1. The van der Waals surface area contributed by atoms with Crippen LogP contribution in [0.25, 0.3) is 10.8 Å². The van der Waals surface area contributed by atoms with E-state index in [1.54, 1.807) is 37.4 Å². The Morgan fingerprint density at radius 3 is 2.35 bits per heavy atom. The molecule has 0 saturated heterocycles. The molecule has 0 aliphatic rings. The van der Waals surface area contributed by atoms with Crippen molar-refractivity contribution >= 4 is 26.6 Å². The predicted molar refractivity (Wildman–Crippen MR) is 66.4 cm³/mol. The fraction of sp³-hybridized carbons (Fsp3) is 0.0909. The number of nitrogens with one attached hydrogen (secondary N) is 2. The first-order valence-electron chi connectivity index (χ1n) is 4.96. The minimum Gasteiger partial charge on any atom is -0.321 e. The number of benzene rings is 2. The van der Waals surface area contributed by atoms with Gasteiger partial charge in [0.2, 0.25) is 0 Å². The molecule has 0 aliphatic heterocycles. The summed E-state index contributed by atoms with van der Waals surface area (Å²) in [6.07, 6.45) is 0. The van der Waals surface area contributed by atoms with Gasteiger partial charge in [-0.3, -0.25) is 4.55 Å². The zero-order chi connectivity index (χ0) is 12.5. The number of hydrogen-bond acceptors (Lipinski definition) is 4. The Morgan fingerprint density at radius 1 is 1.12 bits per heavy atom. The largest absolute Gasteiger partial charge is 0.321 e. The van der Waals surface area contributed by atoms with Gasteiger partial charge in [-0.1, -0.05) is 24.3 Å². The van der Waals surface area contributed by atoms with E-state index in [2.05, 4.69) is 10.9 Å². The average molecular weight is 252 g/mol. The van der Waals surface area contributed by atoms with Crippen LogP contribution in [0.5, 0.6) is 0 Å². The van der Waals surface area contributed by atoms with Crippen molar-refractivity contribution in [2.75, 3.05) is 12.5 Å². The van der Waals surface area contributed by atoms with E-state index in [1.165, 1.54) is 6.07 Å². The van der Waals surface area contributed by atoms with Gasteiger partial charge in [0.1, 0.15) is 4.90 Å². The molecular weight excluding hydrogens is 240 g/mol. The summed E-state index contributed by atoms with van der Waals surface area (Å²) in [4.78, 5) is -0.103. The number of hydrogen-bond donors (Lipinski definition) is 3. The summed E-state index contributed by atoms with van der Waals surface area (Å²) >= 11 is 0. The standard InChI is InChI=1S/C11H12N2O3S/c1-12-13-9-6-2-4-8-5-3-7-10(11(8)9)17(14,15)16/h2-7,12-13H,1H3,(H,14,15,16). The first kappa shape index (κ1) is 11.8. The Bertz CT molecular complexity index is 648. The van der Waals surface area contributed by atoms with Gasteiger partial charge in [-0.2, -0.15) is 8.42 Å². The Balaban J connectivity index is 2.85. The third-order valence-corrected chi connectivity index (χ3v) is 3.30. The van der Waals surface area contributed by atoms with Crippen molar-refractivity contribution in [2.24, 2.45) is 0 Å². The smallest absolute Gasteiger partial charge is 0.295 e. The monoisotopic (exact) mass is 252 g/mol. The van der Waals surface area contributed by atoms with Gasteiger partial charge in [0.15, 0.2) is 0 Å². The molecule has 0 amide bonds. The zero-order valence-corrected chi connectivity index (χ0v) is 9.95. The molecule has 0 bridgehead atoms. The van der Waals surface area contributed by atoms with Crippen molar-refractivity contribution in [2.45, 2.75) is 4.90 Å². The average Bonchev–Trinajstić information content (AvgIpc) is 2.28. The molecule has 6 heteroatoms. The Morgan fingerprint density at radius 2 is 1.76 bits per heavy atom. The molecule has 0 fully saturated rings. The molecule has 0 heterocycles. The highest BCUT2D eigenvalue weighted by Gasteiger charge is 2.15. The van der Waals surface area contributed by atoms with Gasteiger partial charge >= 0.3 is 0 Å². The van der Waals surface area contributed by atoms with E-state index in [0.717, 1.165) is 5.39 Å². The second-order valence-corrected chi connectivity index (χ2v) is 4.90. The van der Waals surface area contributed by atoms with Crippen LogP contribution in [0.1, 0.15) is 0 Å². The lowest BCUT2D eigenvalue weighted by Gasteiger charge is -2.10. The molecule has 0 atom stereocenters. The first-order chi connectivity index (χ1) is 8.04. The van der Waals surface area contributed by atoms with E-state index >= 15 is 0 Å². The highest BCUT2D eigenvalue weighted by molar-refractivity contribution is 7.86. The number of hydrazine groups is 1. The maximum atomic E-state index is 11.3. The molecule has 5 nitrogen and oxygen atoms in total. The maximum Gasteiger partial charge on any atom is 0.295 e. The van der Waals surface area contributed by atoms with Crippen LogP contribution in [0.4, 0.5) is 5.69 Å². The van der Waals surface area contributed by atoms with Crippen LogP contribution in [0.2, 0.25) is 0 Å². The van der Waals surface area contributed by atoms with Gasteiger partial charge < -0.3 is 5.43 Å². The Hall–Kier alpha value is -1.63. The van der Waals surface area contributed by atoms with E-state index in [9.17, 15) is 13.0 Å². The molecule has 17 heavy (non-hydrogen) atoms. The molecule has 90 valence electrons. The second-order valence-electron chi connectivity index (χ2n) is 3.51. The fourth-order valence-electron chi connectivity index (χ4n) is 1.76. The van der Waals surface area contributed by atoms with Crippen LogP contribution >= 0.6 is 0 Å². The van der Waals surface area contributed by atoms with Gasteiger partial charge in [0.25, 0.3) is 10.1 Å². The van der Waals surface area contributed by atoms with Crippen molar-refractivity contribution in [3.05, 3.63) is 36.4 Å². The van der Waals surface area contributed by atoms with Crippen molar-refractivity contribution in [1.82, 2.24) is 5.43 Å². The van der Waals surface area contributed by atoms with Gasteiger partial charge in [0.05, 0.1) is 5.69 Å². The highest BCUT2D eigenvalue weighted by Crippen LogP contribution is 2.29. The summed E-state index contributed by atoms with van der Waals surface area (Å²) in [5.74, 6) is 0. The minimum absolute atomic E-state index is 0.103. The Labute approximate surface area is 99.2 Å². The van der Waals surface area contributed by atoms with Gasteiger partial charge in [-0.25, -0.2) is 5.43 Å². The third-order valence-electron chi connectivity index (χ3n) is 2.40. The van der Waals surface area contributed by atoms with Crippen LogP contribution in [0.15, 0.2) is 41.3 Å². The molecule has 0 saturated carbocycles. The number of rotatable bonds is 3. The van der Waals surface area contributed by atoms with Crippen LogP contribution in [-0.4, -0.2) is 20.0 Å². The highest BCUT2D eigenvalue weighted by atomic mass is 32.2. The van der Waals surface area contributed by atoms with Crippen molar-refractivity contribution in [3.63, 3.8) is 0 Å². The van der Waals surface area contributed by atoms with Gasteiger partial charge in [0, 0.05) is 12.4 Å². The molecule has 0 aliphatic carbocycles. The van der Waals surface area contributed by atoms with E-state index in [4.69, 9.17) is 0 Å². The SMILES string of the molecule is CNNc1cccc2cccc(S(=O)(=O)O)c12. The molecule has 2 aromatic carbocycles. The summed E-state index contributed by atoms with van der Waals surface area (Å²) in [7, 11) is -2.56. The zero-order valence-electron chi connectivity index (χ0n) is 9.14. The van der Waals surface area contributed by atoms with Crippen LogP contribution in [-0.2, 0) is 10.1 Å². The molecular formula is C11H12N2O3S. The lowest BCUT2D eigenvalue weighted by Crippen LogP contribution is -2.15. The lowest BCUT2D eigenvalue weighted by atomic mass is 10.1. The number of anilines is 1. The molecule has 0 spiro atoms. The van der Waals surface area contributed by atoms with E-state index < -0.39 is 10.1 Å². The van der Waals surface area contributed by atoms with Gasteiger partial charge in [-0.15, -0.1) is 0 Å². The maximum absolute atomic E-state index is 11.3. The van der Waals surface area contributed by atoms with Crippen molar-refractivity contribution in [3.8, 4) is 0 Å². The molecule has 2 aromatic rings. The fourth-order valence-corrected chi connectivity index (χ4v) is 2.50. The summed E-state index contributed by atoms with van der Waals surface area (Å²) in [6.45, 7) is 0. The third kappa shape index (κ3) is 2.23. The predicted octanol–water partition coefficient (Wildman–Crippen LogP) is 1.63. The molecule has 0 aromatic heterocycles. The topological polar surface area (TPSA) is 78.4 Å². The second kappa shape index (κ2) is 4.33. The minimum atomic E-state index is -4.24. The van der Waals surface area contributed by atoms with Gasteiger partial charge in [-0.05, 0) is 17.5 Å². The van der Waals surface area contributed by atoms with E-state index in [1.807, 2.05) is 0 Å². The summed E-state index contributed by atoms with van der Waals surface area (Å²) in [5, 5.41) is 1.20. The van der Waals surface area contributed by atoms with E-state index in [0.29, 0.717) is 11.1 Å². The molecule has 0 unspecified atom stereocenters. The van der Waals surface area contributed by atoms with Crippen molar-refractivity contribution < 1.29 is 13.0 Å². The van der Waals surface area contributed by atoms with Crippen LogP contribution < -0.4 is 10.9 Å². The van der Waals surface area contributed by atoms with E-state index in [-0.39, 0.29) is 4.90 Å². The van der Waals surface area contributed by atoms with Crippen LogP contribution in [0.3, 0.4) is 0 Å². The molecule has 2 rings (SSSR count). The quantitative estimate of drug-likeness (QED) is 0.571. The first-order valence-corrected chi connectivity index (χ1v) is 6.40. The molecule has 0 radical (unpaired) electrons. The summed E-state index contributed by atoms with van der Waals surface area (Å²) in [6, 6.07) is 10.1. The normalized spacial score (nSPS) is 11.6. The van der Waals surface area contributed by atoms with Crippen LogP contribution in [0, 0.1) is 0 Å². The van der Waals surface area contributed by atoms with Crippen molar-refractivity contribution in [1.29, 1.82) is 0 Å². The Kier molecular flexibility index (Phi) is 3.01. The summed E-state index contributed by atoms with van der Waals surface area (Å²) in [5.41, 5.74) is 6.16. The summed E-state index contributed by atoms with van der Waals surface area (Å²) < 4.78 is 31.8.